The van der Waals surface area contributed by atoms with Crippen LogP contribution in [0.1, 0.15) is 36.7 Å². The quantitative estimate of drug-likeness (QED) is 0.754. The van der Waals surface area contributed by atoms with Gasteiger partial charge in [-0.25, -0.2) is 4.39 Å². The van der Waals surface area contributed by atoms with E-state index in [1.807, 2.05) is 40.1 Å². The fraction of sp³-hybridized carbons (Fsp3) is 0.435. The zero-order valence-corrected chi connectivity index (χ0v) is 17.1. The van der Waals surface area contributed by atoms with Crippen LogP contribution in [0.25, 0.3) is 0 Å². The van der Waals surface area contributed by atoms with Crippen LogP contribution in [0.5, 0.6) is 0 Å². The molecule has 0 bridgehead atoms. The molecule has 28 heavy (non-hydrogen) atoms. The molecule has 0 aromatic heterocycles. The first-order chi connectivity index (χ1) is 13.5. The van der Waals surface area contributed by atoms with Gasteiger partial charge >= 0.3 is 0 Å². The number of piperazine rings is 1. The zero-order valence-electron chi connectivity index (χ0n) is 17.1. The van der Waals surface area contributed by atoms with Crippen LogP contribution < -0.4 is 4.90 Å². The number of rotatable bonds is 6. The fourth-order valence-electron chi connectivity index (χ4n) is 3.69. The van der Waals surface area contributed by atoms with Crippen molar-refractivity contribution in [3.8, 4) is 0 Å². The largest absolute Gasteiger partial charge is 0.366 e. The number of hydrogen-bond donors (Lipinski definition) is 0. The summed E-state index contributed by atoms with van der Waals surface area (Å²) in [6, 6.07) is 15.3. The number of hydrogen-bond acceptors (Lipinski definition) is 3. The first-order valence-corrected chi connectivity index (χ1v) is 10.1. The van der Waals surface area contributed by atoms with Gasteiger partial charge in [-0.15, -0.1) is 0 Å². The Hall–Kier alpha value is -2.40. The van der Waals surface area contributed by atoms with Crippen molar-refractivity contribution >= 4 is 11.6 Å². The second kappa shape index (κ2) is 9.20. The Morgan fingerprint density at radius 1 is 1.04 bits per heavy atom. The highest BCUT2D eigenvalue weighted by Crippen LogP contribution is 2.21. The Labute approximate surface area is 167 Å². The van der Waals surface area contributed by atoms with E-state index in [0.29, 0.717) is 37.9 Å². The summed E-state index contributed by atoms with van der Waals surface area (Å²) in [6.45, 7) is 10.9. The molecule has 0 spiro atoms. The molecular weight excluding hydrogens is 353 g/mol. The molecule has 1 aliphatic rings. The van der Waals surface area contributed by atoms with Gasteiger partial charge in [0.1, 0.15) is 5.82 Å². The predicted octanol–water partition coefficient (Wildman–Crippen LogP) is 4.02. The minimum absolute atomic E-state index is 0.0518. The third kappa shape index (κ3) is 4.71. The van der Waals surface area contributed by atoms with E-state index in [1.54, 1.807) is 12.1 Å². The second-order valence-electron chi connectivity index (χ2n) is 7.58. The summed E-state index contributed by atoms with van der Waals surface area (Å²) in [6.07, 6.45) is 0. The summed E-state index contributed by atoms with van der Waals surface area (Å²) in [4.78, 5) is 19.1. The van der Waals surface area contributed by atoms with Crippen molar-refractivity contribution in [1.29, 1.82) is 0 Å². The van der Waals surface area contributed by atoms with Gasteiger partial charge in [-0.3, -0.25) is 9.69 Å². The molecule has 1 saturated heterocycles. The number of anilines is 1. The Kier molecular flexibility index (Phi) is 6.68. The van der Waals surface area contributed by atoms with Gasteiger partial charge in [-0.1, -0.05) is 31.2 Å². The van der Waals surface area contributed by atoms with Gasteiger partial charge in [-0.05, 0) is 50.2 Å². The maximum absolute atomic E-state index is 14.0. The van der Waals surface area contributed by atoms with Gasteiger partial charge in [0.2, 0.25) is 0 Å². The maximum atomic E-state index is 14.0. The molecule has 5 heteroatoms. The van der Waals surface area contributed by atoms with E-state index in [0.717, 1.165) is 18.7 Å². The summed E-state index contributed by atoms with van der Waals surface area (Å²) >= 11 is 0. The van der Waals surface area contributed by atoms with E-state index >= 15 is 0 Å². The average molecular weight is 384 g/mol. The predicted molar refractivity (Wildman–Crippen MR) is 112 cm³/mol. The van der Waals surface area contributed by atoms with E-state index in [-0.39, 0.29) is 11.7 Å². The van der Waals surface area contributed by atoms with Gasteiger partial charge in [0, 0.05) is 44.3 Å². The molecular formula is C23H30FN3O. The number of carbonyl (C=O) groups is 1. The summed E-state index contributed by atoms with van der Waals surface area (Å²) < 4.78 is 14.0. The van der Waals surface area contributed by atoms with Gasteiger partial charge < -0.3 is 9.80 Å². The molecule has 3 rings (SSSR count). The summed E-state index contributed by atoms with van der Waals surface area (Å²) in [5, 5.41) is 0. The minimum atomic E-state index is -0.208. The van der Waals surface area contributed by atoms with Crippen LogP contribution in [0.4, 0.5) is 10.1 Å². The number of benzene rings is 2. The minimum Gasteiger partial charge on any atom is -0.366 e. The normalized spacial score (nSPS) is 14.8. The second-order valence-corrected chi connectivity index (χ2v) is 7.58. The molecule has 1 aliphatic heterocycles. The lowest BCUT2D eigenvalue weighted by Gasteiger charge is -2.36. The highest BCUT2D eigenvalue weighted by atomic mass is 19.1. The topological polar surface area (TPSA) is 26.8 Å². The fourth-order valence-corrected chi connectivity index (χ4v) is 3.69. The lowest BCUT2D eigenvalue weighted by Crippen LogP contribution is -2.49. The summed E-state index contributed by atoms with van der Waals surface area (Å²) in [5.41, 5.74) is 2.55. The van der Waals surface area contributed by atoms with E-state index < -0.39 is 0 Å². The van der Waals surface area contributed by atoms with Gasteiger partial charge in [0.05, 0.1) is 5.69 Å². The van der Waals surface area contributed by atoms with Crippen LogP contribution in [0, 0.1) is 5.82 Å². The van der Waals surface area contributed by atoms with Crippen LogP contribution in [0.3, 0.4) is 0 Å². The molecule has 1 fully saturated rings. The Morgan fingerprint density at radius 3 is 2.25 bits per heavy atom. The van der Waals surface area contributed by atoms with E-state index in [9.17, 15) is 9.18 Å². The number of nitrogens with zero attached hydrogens (tertiary/aromatic N) is 3. The highest BCUT2D eigenvalue weighted by Gasteiger charge is 2.23. The monoisotopic (exact) mass is 383 g/mol. The van der Waals surface area contributed by atoms with Crippen LogP contribution in [-0.2, 0) is 6.54 Å². The molecule has 0 N–H and O–H groups in total. The zero-order chi connectivity index (χ0) is 20.1. The van der Waals surface area contributed by atoms with E-state index in [2.05, 4.69) is 25.7 Å². The lowest BCUT2D eigenvalue weighted by molar-refractivity contribution is 0.0746. The highest BCUT2D eigenvalue weighted by molar-refractivity contribution is 5.94. The number of halogens is 1. The van der Waals surface area contributed by atoms with Crippen LogP contribution in [0.2, 0.25) is 0 Å². The van der Waals surface area contributed by atoms with Crippen LogP contribution in [0.15, 0.2) is 48.5 Å². The number of carbonyl (C=O) groups excluding carboxylic acids is 1. The summed E-state index contributed by atoms with van der Waals surface area (Å²) in [5.74, 6) is -0.156. The van der Waals surface area contributed by atoms with E-state index in [1.165, 1.54) is 11.6 Å². The van der Waals surface area contributed by atoms with Crippen molar-refractivity contribution in [3.63, 3.8) is 0 Å². The smallest absolute Gasteiger partial charge is 0.253 e. The van der Waals surface area contributed by atoms with Crippen molar-refractivity contribution in [2.24, 2.45) is 0 Å². The molecule has 0 atom stereocenters. The Morgan fingerprint density at radius 2 is 1.68 bits per heavy atom. The van der Waals surface area contributed by atoms with Gasteiger partial charge in [0.25, 0.3) is 5.91 Å². The van der Waals surface area contributed by atoms with Crippen molar-refractivity contribution < 1.29 is 9.18 Å². The molecule has 0 saturated carbocycles. The maximum Gasteiger partial charge on any atom is 0.253 e. The van der Waals surface area contributed by atoms with Gasteiger partial charge in [-0.2, -0.15) is 0 Å². The molecule has 0 unspecified atom stereocenters. The number of amides is 1. The van der Waals surface area contributed by atoms with Crippen molar-refractivity contribution in [2.75, 3.05) is 37.6 Å². The SMILES string of the molecule is CCN(Cc1ccc(C(=O)N2CCN(c3ccccc3F)CC2)cc1)C(C)C. The molecule has 150 valence electrons. The third-order valence-corrected chi connectivity index (χ3v) is 5.48. The van der Waals surface area contributed by atoms with Crippen LogP contribution >= 0.6 is 0 Å². The summed E-state index contributed by atoms with van der Waals surface area (Å²) in [7, 11) is 0. The van der Waals surface area contributed by atoms with Crippen molar-refractivity contribution in [2.45, 2.75) is 33.4 Å². The van der Waals surface area contributed by atoms with Crippen molar-refractivity contribution in [1.82, 2.24) is 9.80 Å². The third-order valence-electron chi connectivity index (χ3n) is 5.48. The number of para-hydroxylation sites is 1. The Balaban J connectivity index is 1.58. The molecule has 2 aromatic carbocycles. The van der Waals surface area contributed by atoms with Gasteiger partial charge in [0.15, 0.2) is 0 Å². The molecule has 0 radical (unpaired) electrons. The molecule has 1 heterocycles. The lowest BCUT2D eigenvalue weighted by atomic mass is 10.1. The Bertz CT molecular complexity index is 783. The van der Waals surface area contributed by atoms with Crippen LogP contribution in [-0.4, -0.2) is 54.5 Å². The van der Waals surface area contributed by atoms with Crippen molar-refractivity contribution in [3.05, 3.63) is 65.5 Å². The first kappa shape index (κ1) is 20.3. The molecule has 2 aromatic rings. The standard InChI is InChI=1S/C23H30FN3O/c1-4-25(18(2)3)17-19-9-11-20(12-10-19)23(28)27-15-13-26(14-16-27)22-8-6-5-7-21(22)24/h5-12,18H,4,13-17H2,1-3H3. The van der Waals surface area contributed by atoms with E-state index in [4.69, 9.17) is 0 Å². The average Bonchev–Trinajstić information content (AvgIpc) is 2.72. The molecule has 4 nitrogen and oxygen atoms in total. The first-order valence-electron chi connectivity index (χ1n) is 10.1. The molecule has 1 amide bonds. The molecule has 0 aliphatic carbocycles.